The van der Waals surface area contributed by atoms with E-state index in [4.69, 9.17) is 5.11 Å². The fourth-order valence-electron chi connectivity index (χ4n) is 2.84. The van der Waals surface area contributed by atoms with Gasteiger partial charge in [-0.3, -0.25) is 0 Å². The molecule has 2 rings (SSSR count). The van der Waals surface area contributed by atoms with Gasteiger partial charge < -0.3 is 10.4 Å². The molecule has 0 aromatic heterocycles. The van der Waals surface area contributed by atoms with Crippen LogP contribution >= 0.6 is 0 Å². The maximum absolute atomic E-state index is 9.07. The molecule has 1 unspecified atom stereocenters. The SMILES string of the molecule is CC(CC1CC1)NC1CCC(CO)CC1. The number of rotatable bonds is 5. The zero-order valence-electron chi connectivity index (χ0n) is 9.91. The molecule has 0 bridgehead atoms. The largest absolute Gasteiger partial charge is 0.396 e. The zero-order valence-corrected chi connectivity index (χ0v) is 9.91. The predicted octanol–water partition coefficient (Wildman–Crippen LogP) is 2.32. The van der Waals surface area contributed by atoms with E-state index in [2.05, 4.69) is 12.2 Å². The second-order valence-electron chi connectivity index (χ2n) is 5.65. The molecule has 2 nitrogen and oxygen atoms in total. The van der Waals surface area contributed by atoms with Gasteiger partial charge in [0.2, 0.25) is 0 Å². The molecule has 0 saturated heterocycles. The summed E-state index contributed by atoms with van der Waals surface area (Å²) in [6.45, 7) is 2.72. The summed E-state index contributed by atoms with van der Waals surface area (Å²) in [6.07, 6.45) is 9.25. The first kappa shape index (κ1) is 11.4. The van der Waals surface area contributed by atoms with Gasteiger partial charge in [-0.1, -0.05) is 12.8 Å². The first-order valence-corrected chi connectivity index (χ1v) is 6.65. The van der Waals surface area contributed by atoms with Crippen LogP contribution in [0.5, 0.6) is 0 Å². The molecule has 2 N–H and O–H groups in total. The molecule has 0 aliphatic heterocycles. The maximum Gasteiger partial charge on any atom is 0.0459 e. The Morgan fingerprint density at radius 2 is 1.67 bits per heavy atom. The quantitative estimate of drug-likeness (QED) is 0.731. The van der Waals surface area contributed by atoms with Crippen LogP contribution in [-0.2, 0) is 0 Å². The van der Waals surface area contributed by atoms with Gasteiger partial charge in [-0.05, 0) is 50.9 Å². The van der Waals surface area contributed by atoms with E-state index < -0.39 is 0 Å². The predicted molar refractivity (Wildman–Crippen MR) is 62.8 cm³/mol. The lowest BCUT2D eigenvalue weighted by molar-refractivity contribution is 0.171. The second kappa shape index (κ2) is 5.31. The molecule has 0 radical (unpaired) electrons. The van der Waals surface area contributed by atoms with Gasteiger partial charge in [0.15, 0.2) is 0 Å². The molecule has 2 fully saturated rings. The van der Waals surface area contributed by atoms with Crippen molar-refractivity contribution in [2.75, 3.05) is 6.61 Å². The average molecular weight is 211 g/mol. The number of aliphatic hydroxyl groups is 1. The van der Waals surface area contributed by atoms with Gasteiger partial charge in [-0.2, -0.15) is 0 Å². The highest BCUT2D eigenvalue weighted by molar-refractivity contribution is 4.82. The smallest absolute Gasteiger partial charge is 0.0459 e. The Balaban J connectivity index is 1.62. The van der Waals surface area contributed by atoms with E-state index in [1.54, 1.807) is 0 Å². The fourth-order valence-corrected chi connectivity index (χ4v) is 2.84. The minimum atomic E-state index is 0.393. The summed E-state index contributed by atoms with van der Waals surface area (Å²) >= 11 is 0. The lowest BCUT2D eigenvalue weighted by atomic mass is 9.86. The van der Waals surface area contributed by atoms with E-state index >= 15 is 0 Å². The maximum atomic E-state index is 9.07. The molecule has 0 heterocycles. The summed E-state index contributed by atoms with van der Waals surface area (Å²) in [5.74, 6) is 1.61. The third-order valence-electron chi connectivity index (χ3n) is 4.01. The summed E-state index contributed by atoms with van der Waals surface area (Å²) in [4.78, 5) is 0. The Bertz CT molecular complexity index is 183. The van der Waals surface area contributed by atoms with Crippen LogP contribution in [0.3, 0.4) is 0 Å². The van der Waals surface area contributed by atoms with E-state index in [-0.39, 0.29) is 0 Å². The van der Waals surface area contributed by atoms with Gasteiger partial charge >= 0.3 is 0 Å². The summed E-state index contributed by atoms with van der Waals surface area (Å²) < 4.78 is 0. The van der Waals surface area contributed by atoms with E-state index in [0.717, 1.165) is 12.0 Å². The van der Waals surface area contributed by atoms with Gasteiger partial charge in [-0.25, -0.2) is 0 Å². The van der Waals surface area contributed by atoms with Gasteiger partial charge in [0.1, 0.15) is 0 Å². The molecule has 88 valence electrons. The molecule has 2 aliphatic rings. The minimum absolute atomic E-state index is 0.393. The Morgan fingerprint density at radius 3 is 2.20 bits per heavy atom. The topological polar surface area (TPSA) is 32.3 Å². The van der Waals surface area contributed by atoms with Crippen LogP contribution in [-0.4, -0.2) is 23.8 Å². The van der Waals surface area contributed by atoms with E-state index in [1.165, 1.54) is 44.9 Å². The number of hydrogen-bond acceptors (Lipinski definition) is 2. The van der Waals surface area contributed by atoms with Crippen molar-refractivity contribution in [3.63, 3.8) is 0 Å². The highest BCUT2D eigenvalue weighted by Gasteiger charge is 2.26. The van der Waals surface area contributed by atoms with Crippen molar-refractivity contribution in [1.29, 1.82) is 0 Å². The first-order chi connectivity index (χ1) is 7.28. The molecule has 15 heavy (non-hydrogen) atoms. The monoisotopic (exact) mass is 211 g/mol. The Labute approximate surface area is 93.5 Å². The third kappa shape index (κ3) is 3.76. The van der Waals surface area contributed by atoms with Crippen molar-refractivity contribution in [3.05, 3.63) is 0 Å². The molecule has 0 aromatic carbocycles. The second-order valence-corrected chi connectivity index (χ2v) is 5.65. The van der Waals surface area contributed by atoms with Crippen LogP contribution in [0.2, 0.25) is 0 Å². The van der Waals surface area contributed by atoms with Gasteiger partial charge in [0.05, 0.1) is 0 Å². The molecule has 2 saturated carbocycles. The minimum Gasteiger partial charge on any atom is -0.396 e. The van der Waals surface area contributed by atoms with Crippen LogP contribution < -0.4 is 5.32 Å². The Kier molecular flexibility index (Phi) is 4.04. The van der Waals surface area contributed by atoms with E-state index in [0.29, 0.717) is 18.6 Å². The lowest BCUT2D eigenvalue weighted by Crippen LogP contribution is -2.39. The normalized spacial score (nSPS) is 34.0. The number of aliphatic hydroxyl groups excluding tert-OH is 1. The summed E-state index contributed by atoms with van der Waals surface area (Å²) in [5, 5.41) is 12.8. The molecule has 2 aliphatic carbocycles. The number of nitrogens with one attached hydrogen (secondary N) is 1. The molecular formula is C13H25NO. The fraction of sp³-hybridized carbons (Fsp3) is 1.00. The van der Waals surface area contributed by atoms with Crippen LogP contribution in [0.4, 0.5) is 0 Å². The van der Waals surface area contributed by atoms with Gasteiger partial charge in [0, 0.05) is 18.7 Å². The highest BCUT2D eigenvalue weighted by atomic mass is 16.3. The summed E-state index contributed by atoms with van der Waals surface area (Å²) in [6, 6.07) is 1.43. The Morgan fingerprint density at radius 1 is 1.07 bits per heavy atom. The standard InChI is InChI=1S/C13H25NO/c1-10(8-11-2-3-11)14-13-6-4-12(9-15)5-7-13/h10-15H,2-9H2,1H3. The van der Waals surface area contributed by atoms with Gasteiger partial charge in [-0.15, -0.1) is 0 Å². The van der Waals surface area contributed by atoms with Crippen LogP contribution in [0.1, 0.15) is 51.9 Å². The summed E-state index contributed by atoms with van der Waals surface area (Å²) in [7, 11) is 0. The van der Waals surface area contributed by atoms with E-state index in [9.17, 15) is 0 Å². The van der Waals surface area contributed by atoms with Crippen molar-refractivity contribution in [1.82, 2.24) is 5.32 Å². The van der Waals surface area contributed by atoms with Crippen LogP contribution in [0.15, 0.2) is 0 Å². The molecule has 0 amide bonds. The molecule has 0 aromatic rings. The molecular weight excluding hydrogens is 186 g/mol. The van der Waals surface area contributed by atoms with E-state index in [1.807, 2.05) is 0 Å². The van der Waals surface area contributed by atoms with Crippen LogP contribution in [0.25, 0.3) is 0 Å². The average Bonchev–Trinajstić information content (AvgIpc) is 3.03. The molecule has 1 atom stereocenters. The molecule has 2 heteroatoms. The Hall–Kier alpha value is -0.0800. The highest BCUT2D eigenvalue weighted by Crippen LogP contribution is 2.34. The summed E-state index contributed by atoms with van der Waals surface area (Å²) in [5.41, 5.74) is 0. The number of hydrogen-bond donors (Lipinski definition) is 2. The van der Waals surface area contributed by atoms with Crippen molar-refractivity contribution in [2.45, 2.75) is 64.0 Å². The zero-order chi connectivity index (χ0) is 10.7. The third-order valence-corrected chi connectivity index (χ3v) is 4.01. The van der Waals surface area contributed by atoms with Crippen molar-refractivity contribution in [3.8, 4) is 0 Å². The molecule has 0 spiro atoms. The van der Waals surface area contributed by atoms with Gasteiger partial charge in [0.25, 0.3) is 0 Å². The lowest BCUT2D eigenvalue weighted by Gasteiger charge is -2.30. The van der Waals surface area contributed by atoms with Crippen molar-refractivity contribution >= 4 is 0 Å². The van der Waals surface area contributed by atoms with Crippen molar-refractivity contribution < 1.29 is 5.11 Å². The van der Waals surface area contributed by atoms with Crippen molar-refractivity contribution in [2.24, 2.45) is 11.8 Å². The first-order valence-electron chi connectivity index (χ1n) is 6.65. The van der Waals surface area contributed by atoms with Crippen LogP contribution in [0, 0.1) is 11.8 Å².